The van der Waals surface area contributed by atoms with Gasteiger partial charge in [-0.15, -0.1) is 0 Å². The maximum Gasteiger partial charge on any atom is 0.171 e. The van der Waals surface area contributed by atoms with E-state index < -0.39 is 0 Å². The van der Waals surface area contributed by atoms with Gasteiger partial charge in [-0.05, 0) is 68.6 Å². The van der Waals surface area contributed by atoms with Crippen LogP contribution in [0.25, 0.3) is 10.9 Å². The van der Waals surface area contributed by atoms with Crippen LogP contribution in [0.2, 0.25) is 5.02 Å². The zero-order valence-electron chi connectivity index (χ0n) is 18.8. The molecule has 1 saturated carbocycles. The standard InChI is InChI=1S/C25H30ClN5S/c1-16-20(26)8-6-10-21(16)30-25(32)28-18-13-11-17(12-14-18)27-24-15-23(31(2)3)19-7-4-5-9-22(19)29-24/h4-10,15,17-18H,11-14H2,1-3H3,(H,27,29)(H2,28,30,32). The molecule has 168 valence electrons. The molecule has 0 unspecified atom stereocenters. The van der Waals surface area contributed by atoms with Crippen LogP contribution in [0, 0.1) is 6.92 Å². The van der Waals surface area contributed by atoms with E-state index in [-0.39, 0.29) is 0 Å². The summed E-state index contributed by atoms with van der Waals surface area (Å²) in [6.07, 6.45) is 4.26. The molecular weight excluding hydrogens is 438 g/mol. The van der Waals surface area contributed by atoms with Crippen LogP contribution >= 0.6 is 23.8 Å². The highest BCUT2D eigenvalue weighted by Gasteiger charge is 2.22. The van der Waals surface area contributed by atoms with Crippen molar-refractivity contribution in [3.63, 3.8) is 0 Å². The Morgan fingerprint density at radius 3 is 2.50 bits per heavy atom. The molecule has 0 atom stereocenters. The number of halogens is 1. The van der Waals surface area contributed by atoms with Crippen LogP contribution in [0.5, 0.6) is 0 Å². The van der Waals surface area contributed by atoms with Crippen molar-refractivity contribution in [1.82, 2.24) is 10.3 Å². The Hall–Kier alpha value is -2.57. The van der Waals surface area contributed by atoms with E-state index in [2.05, 4.69) is 59.2 Å². The minimum Gasteiger partial charge on any atom is -0.377 e. The van der Waals surface area contributed by atoms with Crippen LogP contribution in [0.1, 0.15) is 31.2 Å². The average molecular weight is 468 g/mol. The lowest BCUT2D eigenvalue weighted by Crippen LogP contribution is -2.42. The minimum absolute atomic E-state index is 0.370. The van der Waals surface area contributed by atoms with Gasteiger partial charge in [0.05, 0.1) is 5.52 Å². The molecule has 0 spiro atoms. The van der Waals surface area contributed by atoms with E-state index in [0.29, 0.717) is 17.2 Å². The fraction of sp³-hybridized carbons (Fsp3) is 0.360. The van der Waals surface area contributed by atoms with Crippen molar-refractivity contribution >= 4 is 57.0 Å². The minimum atomic E-state index is 0.370. The van der Waals surface area contributed by atoms with Gasteiger partial charge in [0.1, 0.15) is 5.82 Å². The third-order valence-electron chi connectivity index (χ3n) is 6.11. The highest BCUT2D eigenvalue weighted by atomic mass is 35.5. The number of anilines is 3. The molecule has 2 aromatic carbocycles. The molecule has 3 N–H and O–H groups in total. The molecule has 0 aliphatic heterocycles. The normalized spacial score (nSPS) is 18.2. The lowest BCUT2D eigenvalue weighted by molar-refractivity contribution is 0.388. The van der Waals surface area contributed by atoms with Crippen LogP contribution in [0.4, 0.5) is 17.2 Å². The number of pyridine rings is 1. The van der Waals surface area contributed by atoms with Crippen LogP contribution in [-0.4, -0.2) is 36.3 Å². The Bertz CT molecular complexity index is 1110. The number of benzene rings is 2. The second kappa shape index (κ2) is 9.92. The summed E-state index contributed by atoms with van der Waals surface area (Å²) in [5.74, 6) is 0.942. The molecule has 4 rings (SSSR count). The highest BCUT2D eigenvalue weighted by molar-refractivity contribution is 7.80. The molecule has 1 fully saturated rings. The van der Waals surface area contributed by atoms with Gasteiger partial charge in [0.2, 0.25) is 0 Å². The first-order chi connectivity index (χ1) is 15.4. The van der Waals surface area contributed by atoms with Crippen molar-refractivity contribution in [3.05, 3.63) is 59.1 Å². The molecule has 0 radical (unpaired) electrons. The van der Waals surface area contributed by atoms with Gasteiger partial charge in [-0.25, -0.2) is 4.98 Å². The van der Waals surface area contributed by atoms with Gasteiger partial charge in [-0.3, -0.25) is 0 Å². The smallest absolute Gasteiger partial charge is 0.171 e. The van der Waals surface area contributed by atoms with E-state index >= 15 is 0 Å². The number of rotatable bonds is 5. The van der Waals surface area contributed by atoms with Crippen LogP contribution in [-0.2, 0) is 0 Å². The predicted molar refractivity (Wildman–Crippen MR) is 141 cm³/mol. The first-order valence-corrected chi connectivity index (χ1v) is 11.9. The number of thiocarbonyl (C=S) groups is 1. The molecule has 3 aromatic rings. The summed E-state index contributed by atoms with van der Waals surface area (Å²) in [6.45, 7) is 1.99. The Balaban J connectivity index is 1.33. The molecule has 0 bridgehead atoms. The van der Waals surface area contributed by atoms with Crippen molar-refractivity contribution in [1.29, 1.82) is 0 Å². The summed E-state index contributed by atoms with van der Waals surface area (Å²) in [4.78, 5) is 6.99. The van der Waals surface area contributed by atoms with E-state index in [1.807, 2.05) is 31.2 Å². The van der Waals surface area contributed by atoms with Crippen molar-refractivity contribution < 1.29 is 0 Å². The summed E-state index contributed by atoms with van der Waals surface area (Å²) in [5.41, 5.74) is 4.15. The molecule has 5 nitrogen and oxygen atoms in total. The zero-order valence-corrected chi connectivity index (χ0v) is 20.4. The van der Waals surface area contributed by atoms with E-state index in [0.717, 1.165) is 53.3 Å². The fourth-order valence-electron chi connectivity index (χ4n) is 4.28. The first-order valence-electron chi connectivity index (χ1n) is 11.1. The number of hydrogen-bond donors (Lipinski definition) is 3. The second-order valence-corrected chi connectivity index (χ2v) is 9.46. The van der Waals surface area contributed by atoms with Crippen LogP contribution in [0.3, 0.4) is 0 Å². The van der Waals surface area contributed by atoms with E-state index in [1.165, 1.54) is 11.1 Å². The van der Waals surface area contributed by atoms with Crippen molar-refractivity contribution in [2.24, 2.45) is 0 Å². The molecule has 1 aliphatic rings. The number of nitrogens with one attached hydrogen (secondary N) is 3. The lowest BCUT2D eigenvalue weighted by atomic mass is 9.91. The molecule has 32 heavy (non-hydrogen) atoms. The van der Waals surface area contributed by atoms with Crippen LogP contribution < -0.4 is 20.9 Å². The lowest BCUT2D eigenvalue weighted by Gasteiger charge is -2.31. The molecule has 1 aromatic heterocycles. The third-order valence-corrected chi connectivity index (χ3v) is 6.74. The summed E-state index contributed by atoms with van der Waals surface area (Å²) in [5, 5.41) is 13.0. The van der Waals surface area contributed by atoms with Gasteiger partial charge in [-0.1, -0.05) is 35.9 Å². The van der Waals surface area contributed by atoms with E-state index in [9.17, 15) is 0 Å². The molecule has 1 aliphatic carbocycles. The van der Waals surface area contributed by atoms with Gasteiger partial charge < -0.3 is 20.9 Å². The second-order valence-electron chi connectivity index (χ2n) is 8.64. The average Bonchev–Trinajstić information content (AvgIpc) is 2.77. The Morgan fingerprint density at radius 2 is 1.75 bits per heavy atom. The Labute approximate surface area is 200 Å². The number of hydrogen-bond acceptors (Lipinski definition) is 4. The number of nitrogens with zero attached hydrogens (tertiary/aromatic N) is 2. The van der Waals surface area contributed by atoms with Crippen molar-refractivity contribution in [2.75, 3.05) is 29.6 Å². The predicted octanol–water partition coefficient (Wildman–Crippen LogP) is 5.97. The monoisotopic (exact) mass is 467 g/mol. The highest BCUT2D eigenvalue weighted by Crippen LogP contribution is 2.29. The molecule has 7 heteroatoms. The largest absolute Gasteiger partial charge is 0.377 e. The number of para-hydroxylation sites is 1. The topological polar surface area (TPSA) is 52.2 Å². The summed E-state index contributed by atoms with van der Waals surface area (Å²) in [6, 6.07) is 17.0. The van der Waals surface area contributed by atoms with Gasteiger partial charge in [0, 0.05) is 54.0 Å². The maximum atomic E-state index is 6.21. The maximum absolute atomic E-state index is 6.21. The van der Waals surface area contributed by atoms with E-state index in [4.69, 9.17) is 28.8 Å². The third kappa shape index (κ3) is 5.25. The Kier molecular flexibility index (Phi) is 7.01. The van der Waals surface area contributed by atoms with Crippen molar-refractivity contribution in [3.8, 4) is 0 Å². The summed E-state index contributed by atoms with van der Waals surface area (Å²) < 4.78 is 0. The van der Waals surface area contributed by atoms with Crippen LogP contribution in [0.15, 0.2) is 48.5 Å². The molecule has 0 amide bonds. The van der Waals surface area contributed by atoms with Gasteiger partial charge in [0.25, 0.3) is 0 Å². The van der Waals surface area contributed by atoms with Gasteiger partial charge in [-0.2, -0.15) is 0 Å². The summed E-state index contributed by atoms with van der Waals surface area (Å²) >= 11 is 11.8. The molecule has 0 saturated heterocycles. The zero-order chi connectivity index (χ0) is 22.7. The SMILES string of the molecule is Cc1c(Cl)cccc1NC(=S)NC1CCC(Nc2cc(N(C)C)c3ccccc3n2)CC1. The van der Waals surface area contributed by atoms with Gasteiger partial charge in [0.15, 0.2) is 5.11 Å². The number of fused-ring (bicyclic) bond motifs is 1. The van der Waals surface area contributed by atoms with E-state index in [1.54, 1.807) is 0 Å². The quantitative estimate of drug-likeness (QED) is 0.402. The molecular formula is C25H30ClN5S. The molecule has 1 heterocycles. The number of aromatic nitrogens is 1. The summed E-state index contributed by atoms with van der Waals surface area (Å²) in [7, 11) is 4.15. The first kappa shape index (κ1) is 22.6. The van der Waals surface area contributed by atoms with Crippen molar-refractivity contribution in [2.45, 2.75) is 44.7 Å². The Morgan fingerprint density at radius 1 is 1.03 bits per heavy atom. The van der Waals surface area contributed by atoms with Gasteiger partial charge >= 0.3 is 0 Å². The fourth-order valence-corrected chi connectivity index (χ4v) is 4.73.